The molecule has 3 fully saturated rings. The van der Waals surface area contributed by atoms with E-state index in [1.807, 2.05) is 19.9 Å². The molecule has 0 bridgehead atoms. The molecular formula is C24H34O6. The summed E-state index contributed by atoms with van der Waals surface area (Å²) in [6.07, 6.45) is 6.40. The molecule has 30 heavy (non-hydrogen) atoms. The highest BCUT2D eigenvalue weighted by Crippen LogP contribution is 2.68. The Hall–Kier alpha value is -1.53. The number of rotatable bonds is 3. The summed E-state index contributed by atoms with van der Waals surface area (Å²) in [7, 11) is 0. The van der Waals surface area contributed by atoms with Gasteiger partial charge in [-0.25, -0.2) is 0 Å². The first-order chi connectivity index (χ1) is 13.9. The van der Waals surface area contributed by atoms with Crippen LogP contribution in [0.1, 0.15) is 59.8 Å². The van der Waals surface area contributed by atoms with Crippen LogP contribution in [0.4, 0.5) is 0 Å². The molecule has 4 rings (SSSR count). The van der Waals surface area contributed by atoms with Crippen molar-refractivity contribution in [1.29, 1.82) is 0 Å². The van der Waals surface area contributed by atoms with Gasteiger partial charge in [0.05, 0.1) is 6.10 Å². The summed E-state index contributed by atoms with van der Waals surface area (Å²) in [5, 5.41) is 23.1. The van der Waals surface area contributed by atoms with E-state index in [0.717, 1.165) is 12.8 Å². The van der Waals surface area contributed by atoms with Crippen LogP contribution in [0.15, 0.2) is 12.2 Å². The number of hydrogen-bond acceptors (Lipinski definition) is 6. The molecule has 3 saturated carbocycles. The van der Waals surface area contributed by atoms with E-state index in [0.29, 0.717) is 19.3 Å². The van der Waals surface area contributed by atoms with Crippen LogP contribution in [0.3, 0.4) is 0 Å². The molecule has 0 aliphatic heterocycles. The number of aliphatic hydroxyl groups excluding tert-OH is 1. The molecule has 0 spiro atoms. The zero-order chi connectivity index (χ0) is 22.1. The molecule has 0 aromatic carbocycles. The third-order valence-corrected chi connectivity index (χ3v) is 9.39. The third kappa shape index (κ3) is 2.79. The van der Waals surface area contributed by atoms with Crippen LogP contribution in [0.2, 0.25) is 0 Å². The first-order valence-corrected chi connectivity index (χ1v) is 11.2. The Bertz CT molecular complexity index is 804. The molecule has 4 aliphatic carbocycles. The van der Waals surface area contributed by atoms with Crippen LogP contribution in [0.25, 0.3) is 0 Å². The molecular weight excluding hydrogens is 384 g/mol. The normalized spacial score (nSPS) is 49.7. The van der Waals surface area contributed by atoms with E-state index in [9.17, 15) is 24.6 Å². The molecule has 0 aromatic heterocycles. The second-order valence-corrected chi connectivity index (χ2v) is 10.7. The van der Waals surface area contributed by atoms with Crippen LogP contribution >= 0.6 is 0 Å². The molecule has 4 aliphatic rings. The monoisotopic (exact) mass is 418 g/mol. The van der Waals surface area contributed by atoms with E-state index in [2.05, 4.69) is 6.92 Å². The number of hydrogen-bond donors (Lipinski definition) is 2. The quantitative estimate of drug-likeness (QED) is 0.683. The zero-order valence-corrected chi connectivity index (χ0v) is 18.4. The van der Waals surface area contributed by atoms with Gasteiger partial charge in [0.15, 0.2) is 12.4 Å². The van der Waals surface area contributed by atoms with Crippen molar-refractivity contribution in [2.24, 2.45) is 40.4 Å². The van der Waals surface area contributed by atoms with Crippen LogP contribution < -0.4 is 0 Å². The molecule has 6 nitrogen and oxygen atoms in total. The van der Waals surface area contributed by atoms with Crippen LogP contribution in [0.5, 0.6) is 0 Å². The summed E-state index contributed by atoms with van der Waals surface area (Å²) in [6.45, 7) is 6.80. The first kappa shape index (κ1) is 21.7. The van der Waals surface area contributed by atoms with Gasteiger partial charge < -0.3 is 14.9 Å². The Balaban J connectivity index is 1.69. The van der Waals surface area contributed by atoms with Gasteiger partial charge in [0.25, 0.3) is 0 Å². The second kappa shape index (κ2) is 6.99. The topological polar surface area (TPSA) is 101 Å². The summed E-state index contributed by atoms with van der Waals surface area (Å²) in [5.74, 6) is -0.625. The SMILES string of the molecule is CC(=O)OCC(=O)[C@@]1(O)[C@H](C)CC2C3CCC4CC(=O)C=CC4(C)C3C(O)CC21C. The maximum Gasteiger partial charge on any atom is 0.303 e. The number of carbonyl (C=O) groups is 3. The zero-order valence-electron chi connectivity index (χ0n) is 18.4. The number of fused-ring (bicyclic) bond motifs is 5. The lowest BCUT2D eigenvalue weighted by atomic mass is 9.44. The van der Waals surface area contributed by atoms with Gasteiger partial charge in [0.2, 0.25) is 5.78 Å². The predicted molar refractivity (Wildman–Crippen MR) is 109 cm³/mol. The molecule has 9 atom stereocenters. The summed E-state index contributed by atoms with van der Waals surface area (Å²) >= 11 is 0. The van der Waals surface area contributed by atoms with Crippen LogP contribution in [-0.4, -0.2) is 46.1 Å². The minimum atomic E-state index is -1.63. The number of esters is 1. The molecule has 6 heteroatoms. The average molecular weight is 419 g/mol. The summed E-state index contributed by atoms with van der Waals surface area (Å²) < 4.78 is 4.93. The molecule has 0 amide bonds. The number of aliphatic hydroxyl groups is 2. The van der Waals surface area contributed by atoms with Gasteiger partial charge in [-0.3, -0.25) is 14.4 Å². The second-order valence-electron chi connectivity index (χ2n) is 10.7. The van der Waals surface area contributed by atoms with Gasteiger partial charge in [0, 0.05) is 18.8 Å². The highest BCUT2D eigenvalue weighted by atomic mass is 16.5. The smallest absolute Gasteiger partial charge is 0.303 e. The molecule has 2 N–H and O–H groups in total. The fourth-order valence-electron chi connectivity index (χ4n) is 7.96. The number of ketones is 2. The highest BCUT2D eigenvalue weighted by molar-refractivity contribution is 5.92. The Morgan fingerprint density at radius 2 is 1.97 bits per heavy atom. The standard InChI is InChI=1S/C24H34O6/c1-13-9-18-17-6-5-15-10-16(26)7-8-22(15,3)21(17)19(27)11-23(18,4)24(13,29)20(28)12-30-14(2)25/h7-8,13,15,17-19,21,27,29H,5-6,9-12H2,1-4H3/t13-,15?,17?,18?,19?,21?,22?,23?,24+/m1/s1. The third-order valence-electron chi connectivity index (χ3n) is 9.39. The van der Waals surface area contributed by atoms with Gasteiger partial charge >= 0.3 is 5.97 Å². The molecule has 166 valence electrons. The van der Waals surface area contributed by atoms with Crippen molar-refractivity contribution >= 4 is 17.5 Å². The Morgan fingerprint density at radius 1 is 1.27 bits per heavy atom. The van der Waals surface area contributed by atoms with Gasteiger partial charge in [-0.05, 0) is 66.8 Å². The van der Waals surface area contributed by atoms with Gasteiger partial charge in [0.1, 0.15) is 5.60 Å². The molecule has 0 heterocycles. The molecule has 0 radical (unpaired) electrons. The first-order valence-electron chi connectivity index (χ1n) is 11.2. The Morgan fingerprint density at radius 3 is 2.63 bits per heavy atom. The molecule has 0 aromatic rings. The lowest BCUT2D eigenvalue weighted by Gasteiger charge is -2.61. The van der Waals surface area contributed by atoms with Crippen molar-refractivity contribution in [3.63, 3.8) is 0 Å². The fraction of sp³-hybridized carbons (Fsp3) is 0.792. The lowest BCUT2D eigenvalue weighted by molar-refractivity contribution is -0.194. The van der Waals surface area contributed by atoms with Crippen molar-refractivity contribution in [2.45, 2.75) is 71.5 Å². The van der Waals surface area contributed by atoms with E-state index in [4.69, 9.17) is 4.74 Å². The fourth-order valence-corrected chi connectivity index (χ4v) is 7.96. The number of ether oxygens (including phenoxy) is 1. The van der Waals surface area contributed by atoms with Gasteiger partial charge in [-0.1, -0.05) is 26.8 Å². The Labute approximate surface area is 178 Å². The van der Waals surface area contributed by atoms with Crippen LogP contribution in [-0.2, 0) is 19.1 Å². The van der Waals surface area contributed by atoms with Crippen molar-refractivity contribution in [3.05, 3.63) is 12.2 Å². The lowest BCUT2D eigenvalue weighted by Crippen LogP contribution is -2.63. The summed E-state index contributed by atoms with van der Waals surface area (Å²) in [6, 6.07) is 0. The number of Topliss-reactive ketones (excluding diaryl/α,β-unsaturated/α-hetero) is 1. The van der Waals surface area contributed by atoms with Gasteiger partial charge in [-0.2, -0.15) is 0 Å². The summed E-state index contributed by atoms with van der Waals surface area (Å²) in [5.41, 5.74) is -2.65. The van der Waals surface area contributed by atoms with E-state index in [-0.39, 0.29) is 40.8 Å². The number of carbonyl (C=O) groups excluding carboxylic acids is 3. The van der Waals surface area contributed by atoms with E-state index in [1.165, 1.54) is 6.92 Å². The maximum absolute atomic E-state index is 13.1. The summed E-state index contributed by atoms with van der Waals surface area (Å²) in [4.78, 5) is 36.3. The Kier molecular flexibility index (Phi) is 5.06. The van der Waals surface area contributed by atoms with E-state index in [1.54, 1.807) is 6.08 Å². The number of allylic oxidation sites excluding steroid dienone is 2. The highest BCUT2D eigenvalue weighted by Gasteiger charge is 2.70. The maximum atomic E-state index is 13.1. The largest absolute Gasteiger partial charge is 0.458 e. The van der Waals surface area contributed by atoms with E-state index < -0.39 is 35.5 Å². The minimum absolute atomic E-state index is 0.0109. The average Bonchev–Trinajstić information content (AvgIpc) is 2.87. The van der Waals surface area contributed by atoms with Gasteiger partial charge in [-0.15, -0.1) is 0 Å². The van der Waals surface area contributed by atoms with Crippen molar-refractivity contribution in [2.75, 3.05) is 6.61 Å². The van der Waals surface area contributed by atoms with Crippen molar-refractivity contribution < 1.29 is 29.3 Å². The van der Waals surface area contributed by atoms with Crippen LogP contribution in [0, 0.1) is 40.4 Å². The molecule has 7 unspecified atom stereocenters. The van der Waals surface area contributed by atoms with Crippen molar-refractivity contribution in [1.82, 2.24) is 0 Å². The molecule has 0 saturated heterocycles. The minimum Gasteiger partial charge on any atom is -0.458 e. The van der Waals surface area contributed by atoms with E-state index >= 15 is 0 Å². The van der Waals surface area contributed by atoms with Crippen molar-refractivity contribution in [3.8, 4) is 0 Å². The predicted octanol–water partition coefficient (Wildman–Crippen LogP) is 2.45.